The lowest BCUT2D eigenvalue weighted by Gasteiger charge is -2.02. The highest BCUT2D eigenvalue weighted by Gasteiger charge is 2.12. The van der Waals surface area contributed by atoms with E-state index in [0.717, 1.165) is 0 Å². The summed E-state index contributed by atoms with van der Waals surface area (Å²) in [4.78, 5) is 19.5. The van der Waals surface area contributed by atoms with E-state index < -0.39 is 9.85 Å². The summed E-state index contributed by atoms with van der Waals surface area (Å²) in [5, 5.41) is 20.9. The van der Waals surface area contributed by atoms with Gasteiger partial charge in [-0.05, 0) is 25.1 Å². The van der Waals surface area contributed by atoms with Gasteiger partial charge in [0.25, 0.3) is 11.4 Å². The minimum Gasteiger partial charge on any atom is -0.494 e. The van der Waals surface area contributed by atoms with Crippen molar-refractivity contribution in [3.8, 4) is 5.75 Å². The van der Waals surface area contributed by atoms with E-state index in [1.807, 2.05) is 0 Å². The Bertz CT molecular complexity index is 709. The summed E-state index contributed by atoms with van der Waals surface area (Å²) in [6.07, 6.45) is 0. The van der Waals surface area contributed by atoms with Gasteiger partial charge in [0.2, 0.25) is 0 Å². The molecule has 0 bridgehead atoms. The van der Waals surface area contributed by atoms with E-state index >= 15 is 0 Å². The maximum Gasteiger partial charge on any atom is 0.291 e. The summed E-state index contributed by atoms with van der Waals surface area (Å²) >= 11 is 11.1. The monoisotopic (exact) mass is 358 g/mol. The molecule has 0 aliphatic carbocycles. The van der Waals surface area contributed by atoms with Crippen LogP contribution in [-0.4, -0.2) is 16.5 Å². The highest BCUT2D eigenvalue weighted by Crippen LogP contribution is 2.28. The van der Waals surface area contributed by atoms with Gasteiger partial charge in [-0.15, -0.1) is 0 Å². The van der Waals surface area contributed by atoms with Crippen molar-refractivity contribution < 1.29 is 14.6 Å². The smallest absolute Gasteiger partial charge is 0.291 e. The highest BCUT2D eigenvalue weighted by atomic mass is 35.5. The second-order valence-electron chi connectivity index (χ2n) is 4.01. The first kappa shape index (κ1) is 18.7. The summed E-state index contributed by atoms with van der Waals surface area (Å²) in [5.41, 5.74) is -0.184. The number of nitrogens with zero attached hydrogens (tertiary/aromatic N) is 2. The summed E-state index contributed by atoms with van der Waals surface area (Å²) < 4.78 is 5.09. The standard InChI is InChI=1S/C8H8ClNO3.C6H4ClNO2/c1-2-13-6-3-4-7(9)8(5-6)10(11)12;7-5-3-1-2-4-6(5)8(9)10/h3-5H,2H2,1H3;1-4H. The molecule has 0 amide bonds. The molecular weight excluding hydrogens is 347 g/mol. The predicted molar refractivity (Wildman–Crippen MR) is 87.4 cm³/mol. The SMILES string of the molecule is CCOc1ccc(Cl)c([N+](=O)[O-])c1.O=[N+]([O-])c1ccccc1Cl. The van der Waals surface area contributed by atoms with Crippen molar-refractivity contribution in [3.63, 3.8) is 0 Å². The number of hydrogen-bond acceptors (Lipinski definition) is 5. The van der Waals surface area contributed by atoms with E-state index in [4.69, 9.17) is 27.9 Å². The van der Waals surface area contributed by atoms with Crippen LogP contribution in [0.25, 0.3) is 0 Å². The van der Waals surface area contributed by atoms with Crippen molar-refractivity contribution in [2.24, 2.45) is 0 Å². The molecule has 23 heavy (non-hydrogen) atoms. The van der Waals surface area contributed by atoms with Crippen LogP contribution in [0.1, 0.15) is 6.92 Å². The average Bonchev–Trinajstić information content (AvgIpc) is 2.50. The molecule has 7 nitrogen and oxygen atoms in total. The molecular formula is C14H12Cl2N2O5. The molecule has 2 aromatic carbocycles. The molecule has 122 valence electrons. The first-order chi connectivity index (χ1) is 10.9. The van der Waals surface area contributed by atoms with Crippen LogP contribution >= 0.6 is 23.2 Å². The Hall–Kier alpha value is -2.38. The Morgan fingerprint density at radius 2 is 1.52 bits per heavy atom. The topological polar surface area (TPSA) is 95.5 Å². The number of ether oxygens (including phenoxy) is 1. The van der Waals surface area contributed by atoms with Gasteiger partial charge in [0, 0.05) is 6.07 Å². The van der Waals surface area contributed by atoms with Crippen molar-refractivity contribution in [1.29, 1.82) is 0 Å². The molecule has 0 fully saturated rings. The fourth-order valence-electron chi connectivity index (χ4n) is 1.49. The first-order valence-electron chi connectivity index (χ1n) is 6.32. The number of nitro groups is 2. The quantitative estimate of drug-likeness (QED) is 0.572. The molecule has 0 unspecified atom stereocenters. The van der Waals surface area contributed by atoms with Gasteiger partial charge in [0.05, 0.1) is 22.5 Å². The number of rotatable bonds is 4. The summed E-state index contributed by atoms with van der Waals surface area (Å²) in [6.45, 7) is 2.28. The second-order valence-corrected chi connectivity index (χ2v) is 4.83. The molecule has 0 radical (unpaired) electrons. The lowest BCUT2D eigenvalue weighted by atomic mass is 10.3. The minimum absolute atomic E-state index is 0.0517. The summed E-state index contributed by atoms with van der Waals surface area (Å²) in [7, 11) is 0. The molecule has 0 aromatic heterocycles. The third-order valence-corrected chi connectivity index (χ3v) is 3.11. The van der Waals surface area contributed by atoms with Gasteiger partial charge in [-0.1, -0.05) is 35.3 Å². The van der Waals surface area contributed by atoms with Gasteiger partial charge in [-0.3, -0.25) is 20.2 Å². The predicted octanol–water partition coefficient (Wildman–Crippen LogP) is 4.90. The van der Waals surface area contributed by atoms with E-state index in [2.05, 4.69) is 0 Å². The maximum absolute atomic E-state index is 10.4. The maximum atomic E-state index is 10.4. The number of halogens is 2. The number of hydrogen-bond donors (Lipinski definition) is 0. The van der Waals surface area contributed by atoms with Crippen LogP contribution in [0.5, 0.6) is 5.75 Å². The van der Waals surface area contributed by atoms with Crippen molar-refractivity contribution in [1.82, 2.24) is 0 Å². The van der Waals surface area contributed by atoms with Crippen LogP contribution in [0.3, 0.4) is 0 Å². The Morgan fingerprint density at radius 3 is 2.00 bits per heavy atom. The van der Waals surface area contributed by atoms with Gasteiger partial charge in [0.15, 0.2) is 0 Å². The lowest BCUT2D eigenvalue weighted by Crippen LogP contribution is -1.94. The highest BCUT2D eigenvalue weighted by molar-refractivity contribution is 6.32. The van der Waals surface area contributed by atoms with E-state index in [1.165, 1.54) is 24.3 Å². The number of nitro benzene ring substituents is 2. The minimum atomic E-state index is -0.537. The Kier molecular flexibility index (Phi) is 7.24. The summed E-state index contributed by atoms with van der Waals surface area (Å²) in [5.74, 6) is 0.457. The molecule has 9 heteroatoms. The number of benzene rings is 2. The van der Waals surface area contributed by atoms with E-state index in [-0.39, 0.29) is 21.4 Å². The lowest BCUT2D eigenvalue weighted by molar-refractivity contribution is -0.384. The van der Waals surface area contributed by atoms with Crippen molar-refractivity contribution >= 4 is 34.6 Å². The van der Waals surface area contributed by atoms with Gasteiger partial charge < -0.3 is 4.74 Å². The molecule has 0 heterocycles. The van der Waals surface area contributed by atoms with Crippen molar-refractivity contribution in [3.05, 3.63) is 72.7 Å². The molecule has 2 rings (SSSR count). The summed E-state index contributed by atoms with van der Waals surface area (Å²) in [6, 6.07) is 10.4. The van der Waals surface area contributed by atoms with E-state index in [1.54, 1.807) is 25.1 Å². The van der Waals surface area contributed by atoms with Crippen LogP contribution in [0, 0.1) is 20.2 Å². The van der Waals surface area contributed by atoms with Crippen LogP contribution in [0.4, 0.5) is 11.4 Å². The van der Waals surface area contributed by atoms with Crippen molar-refractivity contribution in [2.45, 2.75) is 6.92 Å². The third kappa shape index (κ3) is 5.72. The van der Waals surface area contributed by atoms with Crippen LogP contribution in [0.2, 0.25) is 10.0 Å². The fourth-order valence-corrected chi connectivity index (χ4v) is 1.88. The van der Waals surface area contributed by atoms with Gasteiger partial charge in [-0.2, -0.15) is 0 Å². The van der Waals surface area contributed by atoms with Crippen LogP contribution in [-0.2, 0) is 0 Å². The molecule has 0 saturated carbocycles. The van der Waals surface area contributed by atoms with E-state index in [9.17, 15) is 20.2 Å². The molecule has 0 saturated heterocycles. The zero-order valence-corrected chi connectivity index (χ0v) is 13.5. The molecule has 0 N–H and O–H groups in total. The van der Waals surface area contributed by atoms with Crippen LogP contribution < -0.4 is 4.74 Å². The average molecular weight is 359 g/mol. The van der Waals surface area contributed by atoms with Crippen LogP contribution in [0.15, 0.2) is 42.5 Å². The molecule has 0 atom stereocenters. The zero-order chi connectivity index (χ0) is 17.4. The molecule has 0 aliphatic heterocycles. The molecule has 0 aliphatic rings. The van der Waals surface area contributed by atoms with Crippen molar-refractivity contribution in [2.75, 3.05) is 6.61 Å². The zero-order valence-electron chi connectivity index (χ0n) is 11.9. The van der Waals surface area contributed by atoms with Gasteiger partial charge in [-0.25, -0.2) is 0 Å². The van der Waals surface area contributed by atoms with Gasteiger partial charge in [0.1, 0.15) is 15.8 Å². The van der Waals surface area contributed by atoms with Gasteiger partial charge >= 0.3 is 0 Å². The molecule has 0 spiro atoms. The normalized spacial score (nSPS) is 9.52. The Labute approximate surface area is 141 Å². The first-order valence-corrected chi connectivity index (χ1v) is 7.08. The largest absolute Gasteiger partial charge is 0.494 e. The fraction of sp³-hybridized carbons (Fsp3) is 0.143. The Morgan fingerprint density at radius 1 is 0.957 bits per heavy atom. The van der Waals surface area contributed by atoms with E-state index in [0.29, 0.717) is 12.4 Å². The Balaban J connectivity index is 0.000000238. The molecule has 2 aromatic rings. The third-order valence-electron chi connectivity index (χ3n) is 2.47. The second kappa shape index (κ2) is 8.92. The number of para-hydroxylation sites is 1.